The van der Waals surface area contributed by atoms with Crippen molar-refractivity contribution in [2.24, 2.45) is 5.73 Å². The van der Waals surface area contributed by atoms with E-state index < -0.39 is 0 Å². The molecule has 1 aromatic heterocycles. The van der Waals surface area contributed by atoms with Crippen LogP contribution in [0.25, 0.3) is 0 Å². The fourth-order valence-electron chi connectivity index (χ4n) is 1.37. The fraction of sp³-hybridized carbons (Fsp3) is 0.700. The second-order valence-electron chi connectivity index (χ2n) is 4.13. The predicted molar refractivity (Wildman–Crippen MR) is 60.8 cm³/mol. The van der Waals surface area contributed by atoms with Crippen molar-refractivity contribution in [2.75, 3.05) is 5.32 Å². The lowest BCUT2D eigenvalue weighted by Gasteiger charge is -2.01. The summed E-state index contributed by atoms with van der Waals surface area (Å²) in [7, 11) is 0. The summed E-state index contributed by atoms with van der Waals surface area (Å²) in [6.07, 6.45) is 3.53. The van der Waals surface area contributed by atoms with E-state index >= 15 is 0 Å². The third-order valence-corrected chi connectivity index (χ3v) is 3.42. The Hall–Kier alpha value is -0.610. The van der Waals surface area contributed by atoms with E-state index in [9.17, 15) is 0 Å². The van der Waals surface area contributed by atoms with Crippen LogP contribution in [0.4, 0.5) is 5.13 Å². The highest BCUT2D eigenvalue weighted by atomic mass is 32.1. The molecule has 4 heteroatoms. The van der Waals surface area contributed by atoms with Crippen molar-refractivity contribution in [3.63, 3.8) is 0 Å². The van der Waals surface area contributed by atoms with E-state index in [2.05, 4.69) is 17.2 Å². The average Bonchev–Trinajstić information content (AvgIpc) is 2.79. The Labute approximate surface area is 88.7 Å². The number of nitrogens with zero attached hydrogens (tertiary/aromatic N) is 1. The number of aryl methyl sites for hydroxylation is 1. The Balaban J connectivity index is 2.03. The number of anilines is 1. The molecule has 1 atom stereocenters. The van der Waals surface area contributed by atoms with Gasteiger partial charge < -0.3 is 11.1 Å². The molecule has 0 aliphatic heterocycles. The monoisotopic (exact) mass is 211 g/mol. The van der Waals surface area contributed by atoms with Gasteiger partial charge in [-0.2, -0.15) is 0 Å². The van der Waals surface area contributed by atoms with Crippen LogP contribution in [0.3, 0.4) is 0 Å². The van der Waals surface area contributed by atoms with E-state index in [-0.39, 0.29) is 6.04 Å². The van der Waals surface area contributed by atoms with Crippen molar-refractivity contribution < 1.29 is 0 Å². The van der Waals surface area contributed by atoms with Gasteiger partial charge in [-0.05, 0) is 33.1 Å². The minimum Gasteiger partial charge on any atom is -0.359 e. The van der Waals surface area contributed by atoms with Crippen LogP contribution >= 0.6 is 11.3 Å². The number of aromatic nitrogens is 1. The van der Waals surface area contributed by atoms with Gasteiger partial charge in [-0.1, -0.05) is 0 Å². The molecule has 1 fully saturated rings. The van der Waals surface area contributed by atoms with Crippen LogP contribution in [0.2, 0.25) is 0 Å². The molecule has 0 aromatic carbocycles. The molecular formula is C10H17N3S. The highest BCUT2D eigenvalue weighted by molar-refractivity contribution is 7.15. The summed E-state index contributed by atoms with van der Waals surface area (Å²) < 4.78 is 0. The third kappa shape index (κ3) is 2.45. The second-order valence-corrected chi connectivity index (χ2v) is 5.21. The zero-order valence-corrected chi connectivity index (χ0v) is 9.53. The molecule has 0 amide bonds. The SMILES string of the molecule is Cc1nc(NC2CC2)sc1CC(C)N. The summed E-state index contributed by atoms with van der Waals surface area (Å²) in [5, 5.41) is 4.49. The van der Waals surface area contributed by atoms with Crippen LogP contribution in [0, 0.1) is 6.92 Å². The normalized spacial score (nSPS) is 18.2. The van der Waals surface area contributed by atoms with Gasteiger partial charge in [-0.3, -0.25) is 0 Å². The zero-order chi connectivity index (χ0) is 10.1. The number of thiazole rings is 1. The van der Waals surface area contributed by atoms with Crippen LogP contribution in [-0.4, -0.2) is 17.1 Å². The molecule has 2 rings (SSSR count). The molecule has 14 heavy (non-hydrogen) atoms. The van der Waals surface area contributed by atoms with E-state index in [0.717, 1.165) is 17.2 Å². The lowest BCUT2D eigenvalue weighted by molar-refractivity contribution is 0.742. The van der Waals surface area contributed by atoms with Gasteiger partial charge in [0.15, 0.2) is 5.13 Å². The first-order chi connectivity index (χ1) is 6.65. The highest BCUT2D eigenvalue weighted by Gasteiger charge is 2.22. The molecule has 0 saturated heterocycles. The Bertz CT molecular complexity index is 315. The Morgan fingerprint density at radius 2 is 2.36 bits per heavy atom. The molecule has 3 N–H and O–H groups in total. The van der Waals surface area contributed by atoms with Crippen molar-refractivity contribution in [1.29, 1.82) is 0 Å². The van der Waals surface area contributed by atoms with Crippen LogP contribution in [0.5, 0.6) is 0 Å². The standard InChI is InChI=1S/C10H17N3S/c1-6(11)5-9-7(2)12-10(14-9)13-8-3-4-8/h6,8H,3-5,11H2,1-2H3,(H,12,13). The summed E-state index contributed by atoms with van der Waals surface area (Å²) in [6.45, 7) is 4.10. The van der Waals surface area contributed by atoms with Gasteiger partial charge in [0.25, 0.3) is 0 Å². The van der Waals surface area contributed by atoms with Gasteiger partial charge in [0.1, 0.15) is 0 Å². The molecule has 1 heterocycles. The van der Waals surface area contributed by atoms with Crippen molar-refractivity contribution in [1.82, 2.24) is 4.98 Å². The van der Waals surface area contributed by atoms with E-state index in [1.807, 2.05) is 6.92 Å². The number of hydrogen-bond donors (Lipinski definition) is 2. The van der Waals surface area contributed by atoms with Gasteiger partial charge in [0, 0.05) is 17.0 Å². The van der Waals surface area contributed by atoms with Gasteiger partial charge in [-0.25, -0.2) is 4.98 Å². The van der Waals surface area contributed by atoms with Crippen molar-refractivity contribution in [3.8, 4) is 0 Å². The molecule has 1 aliphatic rings. The smallest absolute Gasteiger partial charge is 0.183 e. The van der Waals surface area contributed by atoms with Crippen LogP contribution in [0.1, 0.15) is 30.3 Å². The molecule has 1 saturated carbocycles. The average molecular weight is 211 g/mol. The number of hydrogen-bond acceptors (Lipinski definition) is 4. The molecule has 78 valence electrons. The van der Waals surface area contributed by atoms with E-state index in [1.54, 1.807) is 11.3 Å². The molecule has 1 aromatic rings. The Kier molecular flexibility index (Phi) is 2.74. The van der Waals surface area contributed by atoms with E-state index in [0.29, 0.717) is 6.04 Å². The van der Waals surface area contributed by atoms with Gasteiger partial charge in [0.05, 0.1) is 5.69 Å². The Morgan fingerprint density at radius 3 is 2.93 bits per heavy atom. The summed E-state index contributed by atoms with van der Waals surface area (Å²) in [5.41, 5.74) is 6.91. The lowest BCUT2D eigenvalue weighted by Crippen LogP contribution is -2.17. The second kappa shape index (κ2) is 3.87. The van der Waals surface area contributed by atoms with E-state index in [4.69, 9.17) is 5.73 Å². The van der Waals surface area contributed by atoms with Crippen LogP contribution < -0.4 is 11.1 Å². The van der Waals surface area contributed by atoms with Crippen molar-refractivity contribution >= 4 is 16.5 Å². The largest absolute Gasteiger partial charge is 0.359 e. The molecule has 1 unspecified atom stereocenters. The number of rotatable bonds is 4. The third-order valence-electron chi connectivity index (χ3n) is 2.30. The first-order valence-corrected chi connectivity index (χ1v) is 5.95. The molecule has 1 aliphatic carbocycles. The number of nitrogens with two attached hydrogens (primary N) is 1. The fourth-order valence-corrected chi connectivity index (χ4v) is 2.56. The van der Waals surface area contributed by atoms with E-state index in [1.165, 1.54) is 17.7 Å². The zero-order valence-electron chi connectivity index (χ0n) is 8.71. The predicted octanol–water partition coefficient (Wildman–Crippen LogP) is 1.92. The number of nitrogens with one attached hydrogen (secondary N) is 1. The Morgan fingerprint density at radius 1 is 1.64 bits per heavy atom. The topological polar surface area (TPSA) is 50.9 Å². The maximum Gasteiger partial charge on any atom is 0.183 e. The maximum atomic E-state index is 5.77. The molecule has 3 nitrogen and oxygen atoms in total. The highest BCUT2D eigenvalue weighted by Crippen LogP contribution is 2.29. The van der Waals surface area contributed by atoms with Crippen LogP contribution in [0.15, 0.2) is 0 Å². The first-order valence-electron chi connectivity index (χ1n) is 5.13. The summed E-state index contributed by atoms with van der Waals surface area (Å²) in [5.74, 6) is 0. The summed E-state index contributed by atoms with van der Waals surface area (Å²) >= 11 is 1.75. The molecular weight excluding hydrogens is 194 g/mol. The van der Waals surface area contributed by atoms with Crippen molar-refractivity contribution in [2.45, 2.75) is 45.2 Å². The maximum absolute atomic E-state index is 5.77. The van der Waals surface area contributed by atoms with Gasteiger partial charge in [0.2, 0.25) is 0 Å². The molecule has 0 radical (unpaired) electrons. The minimum absolute atomic E-state index is 0.225. The van der Waals surface area contributed by atoms with Crippen molar-refractivity contribution in [3.05, 3.63) is 10.6 Å². The quantitative estimate of drug-likeness (QED) is 0.800. The minimum atomic E-state index is 0.225. The first kappa shape index (κ1) is 9.93. The van der Waals surface area contributed by atoms with Gasteiger partial charge >= 0.3 is 0 Å². The molecule has 0 bridgehead atoms. The lowest BCUT2D eigenvalue weighted by atomic mass is 10.2. The molecule has 0 spiro atoms. The summed E-state index contributed by atoms with van der Waals surface area (Å²) in [6, 6.07) is 0.909. The van der Waals surface area contributed by atoms with Crippen LogP contribution in [-0.2, 0) is 6.42 Å². The van der Waals surface area contributed by atoms with Gasteiger partial charge in [-0.15, -0.1) is 11.3 Å². The summed E-state index contributed by atoms with van der Waals surface area (Å²) in [4.78, 5) is 5.82.